The third-order valence-corrected chi connectivity index (χ3v) is 2.69. The number of nitrogen functional groups attached to an aromatic ring is 1. The van der Waals surface area contributed by atoms with Crippen LogP contribution in [0.1, 0.15) is 5.56 Å². The highest BCUT2D eigenvalue weighted by molar-refractivity contribution is 5.71. The van der Waals surface area contributed by atoms with E-state index >= 15 is 0 Å². The quantitative estimate of drug-likeness (QED) is 0.885. The lowest BCUT2D eigenvalue weighted by atomic mass is 10.2. The van der Waals surface area contributed by atoms with E-state index in [1.807, 2.05) is 12.1 Å². The third-order valence-electron chi connectivity index (χ3n) is 2.69. The standard InChI is InChI=1S/C14H14N4O2/c1-19-12-4-3-10(6-13(12)20-2)18-14-11(16)5-9(7-15)8-17-14/h3-6,8H,16H2,1-2H3,(H,17,18). The number of aromatic nitrogens is 1. The summed E-state index contributed by atoms with van der Waals surface area (Å²) in [7, 11) is 3.14. The molecule has 0 radical (unpaired) electrons. The van der Waals surface area contributed by atoms with Crippen molar-refractivity contribution in [1.29, 1.82) is 5.26 Å². The Hall–Kier alpha value is -2.94. The van der Waals surface area contributed by atoms with Gasteiger partial charge in [-0.3, -0.25) is 0 Å². The van der Waals surface area contributed by atoms with Crippen molar-refractivity contribution in [3.8, 4) is 17.6 Å². The van der Waals surface area contributed by atoms with Crippen LogP contribution in [-0.4, -0.2) is 19.2 Å². The van der Waals surface area contributed by atoms with Gasteiger partial charge in [-0.05, 0) is 18.2 Å². The first kappa shape index (κ1) is 13.5. The molecular formula is C14H14N4O2. The van der Waals surface area contributed by atoms with Crippen molar-refractivity contribution in [3.05, 3.63) is 36.0 Å². The number of nitriles is 1. The van der Waals surface area contributed by atoms with Gasteiger partial charge in [0.25, 0.3) is 0 Å². The molecule has 1 aromatic heterocycles. The van der Waals surface area contributed by atoms with Gasteiger partial charge in [-0.25, -0.2) is 4.98 Å². The van der Waals surface area contributed by atoms with Crippen LogP contribution in [0.15, 0.2) is 30.5 Å². The van der Waals surface area contributed by atoms with Crippen LogP contribution in [0.5, 0.6) is 11.5 Å². The van der Waals surface area contributed by atoms with Crippen molar-refractivity contribution in [2.75, 3.05) is 25.3 Å². The Morgan fingerprint density at radius 1 is 1.20 bits per heavy atom. The van der Waals surface area contributed by atoms with E-state index in [0.717, 1.165) is 5.69 Å². The zero-order chi connectivity index (χ0) is 14.5. The van der Waals surface area contributed by atoms with Gasteiger partial charge >= 0.3 is 0 Å². The van der Waals surface area contributed by atoms with E-state index in [-0.39, 0.29) is 0 Å². The molecule has 6 heteroatoms. The minimum absolute atomic E-state index is 0.402. The highest BCUT2D eigenvalue weighted by Gasteiger charge is 2.07. The van der Waals surface area contributed by atoms with Crippen LogP contribution in [0.25, 0.3) is 0 Å². The normalized spacial score (nSPS) is 9.65. The summed E-state index contributed by atoms with van der Waals surface area (Å²) in [6.45, 7) is 0. The topological polar surface area (TPSA) is 93.2 Å². The molecule has 0 saturated heterocycles. The molecule has 0 amide bonds. The molecule has 102 valence electrons. The van der Waals surface area contributed by atoms with Gasteiger partial charge in [0.05, 0.1) is 25.5 Å². The lowest BCUT2D eigenvalue weighted by Gasteiger charge is -2.12. The van der Waals surface area contributed by atoms with Crippen LogP contribution in [0.2, 0.25) is 0 Å². The van der Waals surface area contributed by atoms with E-state index in [1.54, 1.807) is 32.4 Å². The Morgan fingerprint density at radius 2 is 1.95 bits per heavy atom. The second-order valence-electron chi connectivity index (χ2n) is 3.97. The molecule has 20 heavy (non-hydrogen) atoms. The maximum atomic E-state index is 8.77. The predicted octanol–water partition coefficient (Wildman–Crippen LogP) is 2.30. The smallest absolute Gasteiger partial charge is 0.162 e. The molecule has 1 heterocycles. The van der Waals surface area contributed by atoms with Gasteiger partial charge in [-0.1, -0.05) is 0 Å². The van der Waals surface area contributed by atoms with Crippen molar-refractivity contribution in [3.63, 3.8) is 0 Å². The molecule has 0 spiro atoms. The molecule has 0 unspecified atom stereocenters. The van der Waals surface area contributed by atoms with Crippen molar-refractivity contribution in [2.24, 2.45) is 0 Å². The molecule has 0 saturated carbocycles. The Kier molecular flexibility index (Phi) is 3.91. The predicted molar refractivity (Wildman–Crippen MR) is 76.2 cm³/mol. The van der Waals surface area contributed by atoms with Crippen molar-refractivity contribution in [2.45, 2.75) is 0 Å². The molecular weight excluding hydrogens is 256 g/mol. The van der Waals surface area contributed by atoms with Crippen LogP contribution in [0, 0.1) is 11.3 Å². The summed E-state index contributed by atoms with van der Waals surface area (Å²) in [6.07, 6.45) is 1.46. The third kappa shape index (κ3) is 2.72. The highest BCUT2D eigenvalue weighted by atomic mass is 16.5. The minimum atomic E-state index is 0.402. The molecule has 0 fully saturated rings. The summed E-state index contributed by atoms with van der Waals surface area (Å²) in [5.41, 5.74) is 7.41. The zero-order valence-corrected chi connectivity index (χ0v) is 11.2. The summed E-state index contributed by atoms with van der Waals surface area (Å²) in [6, 6.07) is 8.93. The number of nitrogens with two attached hydrogens (primary N) is 1. The average molecular weight is 270 g/mol. The molecule has 1 aromatic carbocycles. The molecule has 0 aliphatic heterocycles. The number of rotatable bonds is 4. The number of methoxy groups -OCH3 is 2. The largest absolute Gasteiger partial charge is 0.493 e. The first-order chi connectivity index (χ1) is 9.67. The second-order valence-corrected chi connectivity index (χ2v) is 3.97. The molecule has 6 nitrogen and oxygen atoms in total. The Labute approximate surface area is 116 Å². The molecule has 2 aromatic rings. The first-order valence-electron chi connectivity index (χ1n) is 5.82. The fourth-order valence-corrected chi connectivity index (χ4v) is 1.70. The van der Waals surface area contributed by atoms with E-state index in [1.165, 1.54) is 6.20 Å². The summed E-state index contributed by atoms with van der Waals surface area (Å²) in [5, 5.41) is 11.8. The van der Waals surface area contributed by atoms with E-state index in [0.29, 0.717) is 28.6 Å². The van der Waals surface area contributed by atoms with Gasteiger partial charge in [0, 0.05) is 18.0 Å². The van der Waals surface area contributed by atoms with E-state index < -0.39 is 0 Å². The number of nitrogens with zero attached hydrogens (tertiary/aromatic N) is 2. The van der Waals surface area contributed by atoms with Crippen LogP contribution in [0.3, 0.4) is 0 Å². The summed E-state index contributed by atoms with van der Waals surface area (Å²) in [5.74, 6) is 1.72. The van der Waals surface area contributed by atoms with Gasteiger partial charge in [0.15, 0.2) is 17.3 Å². The number of nitrogens with one attached hydrogen (secondary N) is 1. The monoisotopic (exact) mass is 270 g/mol. The second kappa shape index (κ2) is 5.80. The summed E-state index contributed by atoms with van der Waals surface area (Å²) < 4.78 is 10.4. The van der Waals surface area contributed by atoms with Gasteiger partial charge in [-0.15, -0.1) is 0 Å². The number of hydrogen-bond acceptors (Lipinski definition) is 6. The van der Waals surface area contributed by atoms with Gasteiger partial charge < -0.3 is 20.5 Å². The SMILES string of the molecule is COc1ccc(Nc2ncc(C#N)cc2N)cc1OC. The fourth-order valence-electron chi connectivity index (χ4n) is 1.70. The highest BCUT2D eigenvalue weighted by Crippen LogP contribution is 2.31. The van der Waals surface area contributed by atoms with Crippen molar-refractivity contribution >= 4 is 17.2 Å². The lowest BCUT2D eigenvalue weighted by molar-refractivity contribution is 0.355. The first-order valence-corrected chi connectivity index (χ1v) is 5.82. The number of benzene rings is 1. The molecule has 0 bridgehead atoms. The fraction of sp³-hybridized carbons (Fsp3) is 0.143. The Morgan fingerprint density at radius 3 is 2.55 bits per heavy atom. The molecule has 3 N–H and O–H groups in total. The van der Waals surface area contributed by atoms with Crippen LogP contribution >= 0.6 is 0 Å². The molecule has 0 atom stereocenters. The summed E-state index contributed by atoms with van der Waals surface area (Å²) >= 11 is 0. The lowest BCUT2D eigenvalue weighted by Crippen LogP contribution is -2.00. The Balaban J connectivity index is 2.28. The van der Waals surface area contributed by atoms with Crippen LogP contribution < -0.4 is 20.5 Å². The minimum Gasteiger partial charge on any atom is -0.493 e. The van der Waals surface area contributed by atoms with Crippen LogP contribution in [-0.2, 0) is 0 Å². The maximum absolute atomic E-state index is 8.77. The molecule has 2 rings (SSSR count). The molecule has 0 aliphatic carbocycles. The van der Waals surface area contributed by atoms with Gasteiger partial charge in [0.2, 0.25) is 0 Å². The average Bonchev–Trinajstić information content (AvgIpc) is 2.49. The Bertz CT molecular complexity index is 665. The molecule has 0 aliphatic rings. The van der Waals surface area contributed by atoms with Crippen LogP contribution in [0.4, 0.5) is 17.2 Å². The number of hydrogen-bond donors (Lipinski definition) is 2. The van der Waals surface area contributed by atoms with E-state index in [2.05, 4.69) is 10.3 Å². The van der Waals surface area contributed by atoms with E-state index in [9.17, 15) is 0 Å². The van der Waals surface area contributed by atoms with Gasteiger partial charge in [-0.2, -0.15) is 5.26 Å². The zero-order valence-electron chi connectivity index (χ0n) is 11.2. The number of ether oxygens (including phenoxy) is 2. The summed E-state index contributed by atoms with van der Waals surface area (Å²) in [4.78, 5) is 4.11. The van der Waals surface area contributed by atoms with Gasteiger partial charge in [0.1, 0.15) is 6.07 Å². The van der Waals surface area contributed by atoms with Crippen molar-refractivity contribution in [1.82, 2.24) is 4.98 Å². The van der Waals surface area contributed by atoms with Crippen molar-refractivity contribution < 1.29 is 9.47 Å². The number of pyridine rings is 1. The van der Waals surface area contributed by atoms with E-state index in [4.69, 9.17) is 20.5 Å². The number of anilines is 3. The maximum Gasteiger partial charge on any atom is 0.162 e.